The van der Waals surface area contributed by atoms with Crippen LogP contribution in [0.5, 0.6) is 0 Å². The molecule has 0 radical (unpaired) electrons. The van der Waals surface area contributed by atoms with Gasteiger partial charge in [0.15, 0.2) is 0 Å². The monoisotopic (exact) mass is 421 g/mol. The van der Waals surface area contributed by atoms with Crippen LogP contribution in [-0.4, -0.2) is 45.7 Å². The van der Waals surface area contributed by atoms with E-state index in [4.69, 9.17) is 4.74 Å². The minimum absolute atomic E-state index is 0.0320. The largest absolute Gasteiger partial charge is 0.391 e. The molecule has 1 N–H and O–H groups in total. The van der Waals surface area contributed by atoms with E-state index >= 15 is 0 Å². The Morgan fingerprint density at radius 2 is 2.04 bits per heavy atom. The summed E-state index contributed by atoms with van der Waals surface area (Å²) in [6.07, 6.45) is -4.43. The van der Waals surface area contributed by atoms with Crippen molar-refractivity contribution in [3.8, 4) is 0 Å². The van der Waals surface area contributed by atoms with Crippen LogP contribution in [0.3, 0.4) is 0 Å². The molecule has 11 heteroatoms. The van der Waals surface area contributed by atoms with Crippen LogP contribution in [0, 0.1) is 11.7 Å². The number of ether oxygens (including phenoxy) is 1. The quantitative estimate of drug-likeness (QED) is 0.759. The average molecular weight is 421 g/mol. The van der Waals surface area contributed by atoms with Gasteiger partial charge in [0.2, 0.25) is 0 Å². The highest BCUT2D eigenvalue weighted by atomic mass is 32.2. The maximum absolute atomic E-state index is 14.3. The Morgan fingerprint density at radius 1 is 1.32 bits per heavy atom. The van der Waals surface area contributed by atoms with Crippen LogP contribution in [0.2, 0.25) is 0 Å². The number of nitrogens with zero attached hydrogens (tertiary/aromatic N) is 2. The average Bonchev–Trinajstić information content (AvgIpc) is 3.40. The first-order valence-electron chi connectivity index (χ1n) is 8.94. The molecule has 154 valence electrons. The topological polar surface area (TPSA) is 71.0 Å². The minimum Gasteiger partial charge on any atom is -0.375 e. The summed E-state index contributed by atoms with van der Waals surface area (Å²) >= 11 is 0. The van der Waals surface area contributed by atoms with Gasteiger partial charge in [-0.15, -0.1) is 4.40 Å². The first kappa shape index (κ1) is 19.4. The molecule has 1 aliphatic carbocycles. The van der Waals surface area contributed by atoms with Crippen molar-refractivity contribution in [2.45, 2.75) is 49.4 Å². The SMILES string of the molecule is C[C@@H]1CN(c2cc(F)cc3c2NC(C2CC2)=NS3(=O)=O)[C@H](CC(F)(F)F)CO1. The first-order chi connectivity index (χ1) is 13.0. The Kier molecular flexibility index (Phi) is 4.57. The second-order valence-electron chi connectivity index (χ2n) is 7.42. The van der Waals surface area contributed by atoms with E-state index in [1.165, 1.54) is 4.90 Å². The fourth-order valence-corrected chi connectivity index (χ4v) is 4.79. The zero-order valence-electron chi connectivity index (χ0n) is 15.0. The molecule has 1 saturated carbocycles. The zero-order chi connectivity index (χ0) is 20.3. The molecule has 0 amide bonds. The molecule has 2 fully saturated rings. The normalized spacial score (nSPS) is 27.0. The van der Waals surface area contributed by atoms with Crippen LogP contribution < -0.4 is 10.2 Å². The van der Waals surface area contributed by atoms with Crippen LogP contribution in [0.4, 0.5) is 28.9 Å². The van der Waals surface area contributed by atoms with Gasteiger partial charge in [-0.2, -0.15) is 21.6 Å². The van der Waals surface area contributed by atoms with E-state index in [9.17, 15) is 26.0 Å². The van der Waals surface area contributed by atoms with Crippen molar-refractivity contribution >= 4 is 27.2 Å². The lowest BCUT2D eigenvalue weighted by Gasteiger charge is -2.42. The fraction of sp³-hybridized carbons (Fsp3) is 0.588. The third kappa shape index (κ3) is 3.82. The number of alkyl halides is 3. The number of sulfonamides is 1. The summed E-state index contributed by atoms with van der Waals surface area (Å²) in [6, 6.07) is 0.824. The van der Waals surface area contributed by atoms with Crippen molar-refractivity contribution in [1.29, 1.82) is 0 Å². The van der Waals surface area contributed by atoms with Crippen LogP contribution in [0.15, 0.2) is 21.4 Å². The number of halogens is 4. The Morgan fingerprint density at radius 3 is 2.68 bits per heavy atom. The number of hydrogen-bond donors (Lipinski definition) is 1. The predicted molar refractivity (Wildman–Crippen MR) is 94.6 cm³/mol. The van der Waals surface area contributed by atoms with Gasteiger partial charge in [0.05, 0.1) is 36.5 Å². The summed E-state index contributed by atoms with van der Waals surface area (Å²) in [5.74, 6) is -0.626. The molecule has 2 heterocycles. The van der Waals surface area contributed by atoms with Crippen LogP contribution in [0.25, 0.3) is 0 Å². The molecule has 2 aliphatic heterocycles. The zero-order valence-corrected chi connectivity index (χ0v) is 15.8. The molecular weight excluding hydrogens is 402 g/mol. The molecule has 28 heavy (non-hydrogen) atoms. The van der Waals surface area contributed by atoms with E-state index in [1.54, 1.807) is 6.92 Å². The summed E-state index contributed by atoms with van der Waals surface area (Å²) in [5.41, 5.74) is 0.163. The summed E-state index contributed by atoms with van der Waals surface area (Å²) < 4.78 is 87.7. The van der Waals surface area contributed by atoms with Gasteiger partial charge in [0, 0.05) is 12.5 Å². The van der Waals surface area contributed by atoms with Crippen molar-refractivity contribution in [3.63, 3.8) is 0 Å². The Bertz CT molecular complexity index is 928. The van der Waals surface area contributed by atoms with Gasteiger partial charge in [0.25, 0.3) is 10.0 Å². The van der Waals surface area contributed by atoms with E-state index in [1.807, 2.05) is 0 Å². The maximum Gasteiger partial charge on any atom is 0.391 e. The van der Waals surface area contributed by atoms with Crippen molar-refractivity contribution in [2.75, 3.05) is 23.4 Å². The third-order valence-electron chi connectivity index (χ3n) is 5.00. The van der Waals surface area contributed by atoms with Crippen LogP contribution in [-0.2, 0) is 14.8 Å². The van der Waals surface area contributed by atoms with Gasteiger partial charge in [-0.1, -0.05) is 0 Å². The highest BCUT2D eigenvalue weighted by Crippen LogP contribution is 2.43. The van der Waals surface area contributed by atoms with E-state index in [2.05, 4.69) is 9.71 Å². The predicted octanol–water partition coefficient (Wildman–Crippen LogP) is 3.29. The van der Waals surface area contributed by atoms with E-state index < -0.39 is 34.5 Å². The number of benzene rings is 1. The molecule has 6 nitrogen and oxygen atoms in total. The van der Waals surface area contributed by atoms with Gasteiger partial charge < -0.3 is 15.0 Å². The molecule has 0 spiro atoms. The number of nitrogens with one attached hydrogen (secondary N) is 1. The van der Waals surface area contributed by atoms with E-state index in [0.29, 0.717) is 0 Å². The Hall–Kier alpha value is -1.88. The molecule has 2 atom stereocenters. The molecule has 0 bridgehead atoms. The summed E-state index contributed by atoms with van der Waals surface area (Å²) in [6.45, 7) is 1.58. The Balaban J connectivity index is 1.80. The number of rotatable bonds is 3. The number of amidine groups is 1. The maximum atomic E-state index is 14.3. The number of hydrogen-bond acceptors (Lipinski definition) is 5. The van der Waals surface area contributed by atoms with Crippen molar-refractivity contribution in [1.82, 2.24) is 0 Å². The lowest BCUT2D eigenvalue weighted by atomic mass is 10.1. The molecule has 1 aromatic rings. The lowest BCUT2D eigenvalue weighted by Crippen LogP contribution is -2.51. The van der Waals surface area contributed by atoms with Gasteiger partial charge in [-0.25, -0.2) is 4.39 Å². The second-order valence-corrected chi connectivity index (χ2v) is 8.99. The number of anilines is 2. The third-order valence-corrected chi connectivity index (χ3v) is 6.32. The summed E-state index contributed by atoms with van der Waals surface area (Å²) in [7, 11) is -4.14. The van der Waals surface area contributed by atoms with Gasteiger partial charge in [-0.3, -0.25) is 0 Å². The smallest absolute Gasteiger partial charge is 0.375 e. The Labute approximate surface area is 159 Å². The van der Waals surface area contributed by atoms with Gasteiger partial charge >= 0.3 is 6.18 Å². The fourth-order valence-electron chi connectivity index (χ4n) is 3.56. The molecule has 0 unspecified atom stereocenters. The van der Waals surface area contributed by atoms with Crippen molar-refractivity contribution in [3.05, 3.63) is 17.9 Å². The molecular formula is C17H19F4N3O3S. The van der Waals surface area contributed by atoms with Crippen LogP contribution >= 0.6 is 0 Å². The lowest BCUT2D eigenvalue weighted by molar-refractivity contribution is -0.145. The molecule has 0 aromatic heterocycles. The second kappa shape index (κ2) is 6.58. The number of fused-ring (bicyclic) bond motifs is 1. The first-order valence-corrected chi connectivity index (χ1v) is 10.4. The molecule has 4 rings (SSSR count). The van der Waals surface area contributed by atoms with E-state index in [0.717, 1.165) is 25.0 Å². The van der Waals surface area contributed by atoms with Gasteiger partial charge in [-0.05, 0) is 31.9 Å². The molecule has 1 saturated heterocycles. The number of morpholine rings is 1. The molecule has 1 aromatic carbocycles. The summed E-state index contributed by atoms with van der Waals surface area (Å²) in [5, 5.41) is 2.95. The highest BCUT2D eigenvalue weighted by molar-refractivity contribution is 7.90. The highest BCUT2D eigenvalue weighted by Gasteiger charge is 2.41. The van der Waals surface area contributed by atoms with E-state index in [-0.39, 0.29) is 47.3 Å². The van der Waals surface area contributed by atoms with Crippen LogP contribution in [0.1, 0.15) is 26.2 Å². The van der Waals surface area contributed by atoms with Gasteiger partial charge in [0.1, 0.15) is 16.5 Å². The minimum atomic E-state index is -4.44. The molecule has 3 aliphatic rings. The van der Waals surface area contributed by atoms with Crippen molar-refractivity contribution < 1.29 is 30.7 Å². The van der Waals surface area contributed by atoms with Crippen molar-refractivity contribution in [2.24, 2.45) is 10.3 Å². The standard InChI is InChI=1S/C17H19F4N3O3S/c1-9-7-24(12(8-27-9)6-17(19,20)21)13-4-11(18)5-14-15(13)22-16(10-2-3-10)23-28(14,25)26/h4-5,9-10,12H,2-3,6-8H2,1H3,(H,22,23)/t9-,12-/m1/s1. The summed E-state index contributed by atoms with van der Waals surface area (Å²) in [4.78, 5) is 1.03.